The van der Waals surface area contributed by atoms with E-state index in [-0.39, 0.29) is 0 Å². The topological polar surface area (TPSA) is 58.3 Å². The molecule has 3 nitrogen and oxygen atoms in total. The molecule has 0 aliphatic carbocycles. The highest BCUT2D eigenvalue weighted by atomic mass is 35.5. The summed E-state index contributed by atoms with van der Waals surface area (Å²) in [5, 5.41) is 13.5. The minimum atomic E-state index is -0.671. The number of aliphatic hydroxyl groups is 1. The van der Waals surface area contributed by atoms with E-state index in [0.717, 1.165) is 0 Å². The van der Waals surface area contributed by atoms with Gasteiger partial charge in [0.05, 0.1) is 21.8 Å². The second kappa shape index (κ2) is 6.11. The van der Waals surface area contributed by atoms with E-state index in [1.807, 2.05) is 0 Å². The summed E-state index contributed by atoms with van der Waals surface area (Å²) in [6.45, 7) is 4.61. The van der Waals surface area contributed by atoms with Crippen LogP contribution in [-0.4, -0.2) is 18.2 Å². The van der Waals surface area contributed by atoms with Gasteiger partial charge >= 0.3 is 0 Å². The Balaban J connectivity index is 2.75. The van der Waals surface area contributed by atoms with Crippen molar-refractivity contribution in [3.8, 4) is 0 Å². The number of nitrogens with one attached hydrogen (secondary N) is 1. The SMILES string of the molecule is C=CCNCC(O)c1cc(Cl)c(N)c(Cl)c1. The van der Waals surface area contributed by atoms with Crippen molar-refractivity contribution in [1.29, 1.82) is 0 Å². The van der Waals surface area contributed by atoms with E-state index < -0.39 is 6.10 Å². The maximum atomic E-state index is 9.83. The summed E-state index contributed by atoms with van der Waals surface area (Å²) in [5.74, 6) is 0. The molecule has 0 amide bonds. The minimum absolute atomic E-state index is 0.332. The van der Waals surface area contributed by atoms with Gasteiger partial charge in [0.1, 0.15) is 0 Å². The lowest BCUT2D eigenvalue weighted by molar-refractivity contribution is 0.176. The lowest BCUT2D eigenvalue weighted by Gasteiger charge is -2.13. The van der Waals surface area contributed by atoms with Gasteiger partial charge in [-0.25, -0.2) is 0 Å². The first-order valence-electron chi connectivity index (χ1n) is 4.80. The van der Waals surface area contributed by atoms with Gasteiger partial charge < -0.3 is 16.2 Å². The maximum absolute atomic E-state index is 9.83. The molecule has 0 aromatic heterocycles. The normalized spacial score (nSPS) is 12.4. The molecular formula is C11H14Cl2N2O. The fraction of sp³-hybridized carbons (Fsp3) is 0.273. The summed E-state index contributed by atoms with van der Waals surface area (Å²) < 4.78 is 0. The molecule has 0 bridgehead atoms. The van der Waals surface area contributed by atoms with Crippen LogP contribution in [0.5, 0.6) is 0 Å². The van der Waals surface area contributed by atoms with Crippen molar-refractivity contribution in [2.24, 2.45) is 0 Å². The molecule has 0 aliphatic heterocycles. The largest absolute Gasteiger partial charge is 0.396 e. The predicted molar refractivity (Wildman–Crippen MR) is 68.9 cm³/mol. The number of hydrogen-bond acceptors (Lipinski definition) is 3. The van der Waals surface area contributed by atoms with Crippen LogP contribution in [-0.2, 0) is 0 Å². The Morgan fingerprint density at radius 2 is 2.00 bits per heavy atom. The summed E-state index contributed by atoms with van der Waals surface area (Å²) in [7, 11) is 0. The number of rotatable bonds is 5. The van der Waals surface area contributed by atoms with Gasteiger partial charge in [-0.05, 0) is 17.7 Å². The van der Waals surface area contributed by atoms with Crippen molar-refractivity contribution in [3.05, 3.63) is 40.4 Å². The van der Waals surface area contributed by atoms with Gasteiger partial charge in [-0.1, -0.05) is 29.3 Å². The smallest absolute Gasteiger partial charge is 0.0915 e. The van der Waals surface area contributed by atoms with Crippen molar-refractivity contribution < 1.29 is 5.11 Å². The average Bonchev–Trinajstić information content (AvgIpc) is 2.25. The van der Waals surface area contributed by atoms with Crippen LogP contribution in [0.15, 0.2) is 24.8 Å². The molecule has 1 rings (SSSR count). The fourth-order valence-electron chi connectivity index (χ4n) is 1.24. The third-order valence-corrected chi connectivity index (χ3v) is 2.74. The number of anilines is 1. The molecule has 0 saturated carbocycles. The highest BCUT2D eigenvalue weighted by molar-refractivity contribution is 6.38. The standard InChI is InChI=1S/C11H14Cl2N2O/c1-2-3-15-6-10(16)7-4-8(12)11(14)9(13)5-7/h2,4-5,10,15-16H,1,3,6,14H2. The Morgan fingerprint density at radius 3 is 2.50 bits per heavy atom. The van der Waals surface area contributed by atoms with Gasteiger partial charge in [-0.2, -0.15) is 0 Å². The quantitative estimate of drug-likeness (QED) is 0.433. The Kier molecular flexibility index (Phi) is 5.09. The number of aliphatic hydroxyl groups excluding tert-OH is 1. The molecule has 0 saturated heterocycles. The number of nitrogens with two attached hydrogens (primary N) is 1. The molecule has 1 unspecified atom stereocenters. The van der Waals surface area contributed by atoms with E-state index in [4.69, 9.17) is 28.9 Å². The van der Waals surface area contributed by atoms with Crippen LogP contribution < -0.4 is 11.1 Å². The van der Waals surface area contributed by atoms with Crippen molar-refractivity contribution in [2.45, 2.75) is 6.10 Å². The van der Waals surface area contributed by atoms with Crippen molar-refractivity contribution in [2.75, 3.05) is 18.8 Å². The molecule has 0 radical (unpaired) electrons. The monoisotopic (exact) mass is 260 g/mol. The van der Waals surface area contributed by atoms with E-state index in [1.165, 1.54) is 0 Å². The molecular weight excluding hydrogens is 247 g/mol. The molecule has 1 atom stereocenters. The van der Waals surface area contributed by atoms with Crippen LogP contribution in [0.1, 0.15) is 11.7 Å². The second-order valence-electron chi connectivity index (χ2n) is 3.36. The van der Waals surface area contributed by atoms with Crippen LogP contribution in [0.25, 0.3) is 0 Å². The second-order valence-corrected chi connectivity index (χ2v) is 4.18. The van der Waals surface area contributed by atoms with Gasteiger partial charge in [0, 0.05) is 13.1 Å². The van der Waals surface area contributed by atoms with E-state index in [1.54, 1.807) is 18.2 Å². The zero-order chi connectivity index (χ0) is 12.1. The first-order valence-corrected chi connectivity index (χ1v) is 5.56. The Labute approximate surface area is 105 Å². The molecule has 0 heterocycles. The molecule has 1 aromatic carbocycles. The Bertz CT molecular complexity index is 359. The lowest BCUT2D eigenvalue weighted by Crippen LogP contribution is -2.21. The van der Waals surface area contributed by atoms with Crippen LogP contribution in [0.2, 0.25) is 10.0 Å². The van der Waals surface area contributed by atoms with Crippen molar-refractivity contribution in [3.63, 3.8) is 0 Å². The lowest BCUT2D eigenvalue weighted by atomic mass is 10.1. The van der Waals surface area contributed by atoms with E-state index in [9.17, 15) is 5.11 Å². The van der Waals surface area contributed by atoms with E-state index in [2.05, 4.69) is 11.9 Å². The molecule has 0 spiro atoms. The molecule has 4 N–H and O–H groups in total. The van der Waals surface area contributed by atoms with Gasteiger partial charge in [-0.15, -0.1) is 6.58 Å². The van der Waals surface area contributed by atoms with Crippen LogP contribution in [0.4, 0.5) is 5.69 Å². The van der Waals surface area contributed by atoms with Gasteiger partial charge in [-0.3, -0.25) is 0 Å². The zero-order valence-corrected chi connectivity index (χ0v) is 10.2. The zero-order valence-electron chi connectivity index (χ0n) is 8.71. The summed E-state index contributed by atoms with van der Waals surface area (Å²) in [6, 6.07) is 3.23. The van der Waals surface area contributed by atoms with E-state index in [0.29, 0.717) is 34.4 Å². The minimum Gasteiger partial charge on any atom is -0.396 e. The molecule has 0 fully saturated rings. The first kappa shape index (κ1) is 13.3. The summed E-state index contributed by atoms with van der Waals surface area (Å²) in [6.07, 6.45) is 1.05. The van der Waals surface area contributed by atoms with Gasteiger partial charge in [0.25, 0.3) is 0 Å². The van der Waals surface area contributed by atoms with Crippen LogP contribution in [0.3, 0.4) is 0 Å². The Hall–Kier alpha value is -0.740. The highest BCUT2D eigenvalue weighted by Gasteiger charge is 2.11. The predicted octanol–water partition coefficient (Wildman–Crippen LogP) is 2.38. The van der Waals surface area contributed by atoms with E-state index >= 15 is 0 Å². The maximum Gasteiger partial charge on any atom is 0.0915 e. The van der Waals surface area contributed by atoms with Gasteiger partial charge in [0.2, 0.25) is 0 Å². The molecule has 16 heavy (non-hydrogen) atoms. The third kappa shape index (κ3) is 3.39. The molecule has 0 aliphatic rings. The third-order valence-electron chi connectivity index (χ3n) is 2.11. The number of hydrogen-bond donors (Lipinski definition) is 3. The number of benzene rings is 1. The number of nitrogen functional groups attached to an aromatic ring is 1. The van der Waals surface area contributed by atoms with Crippen molar-refractivity contribution >= 4 is 28.9 Å². The fourth-order valence-corrected chi connectivity index (χ4v) is 1.74. The highest BCUT2D eigenvalue weighted by Crippen LogP contribution is 2.30. The summed E-state index contributed by atoms with van der Waals surface area (Å²) in [5.41, 5.74) is 6.57. The molecule has 5 heteroatoms. The number of halogens is 2. The average molecular weight is 261 g/mol. The molecule has 1 aromatic rings. The molecule has 88 valence electrons. The summed E-state index contributed by atoms with van der Waals surface area (Å²) in [4.78, 5) is 0. The van der Waals surface area contributed by atoms with Crippen LogP contribution >= 0.6 is 23.2 Å². The Morgan fingerprint density at radius 1 is 1.44 bits per heavy atom. The van der Waals surface area contributed by atoms with Crippen LogP contribution in [0, 0.1) is 0 Å². The van der Waals surface area contributed by atoms with Gasteiger partial charge in [0.15, 0.2) is 0 Å². The first-order chi connectivity index (χ1) is 7.56. The van der Waals surface area contributed by atoms with Crippen molar-refractivity contribution in [1.82, 2.24) is 5.32 Å². The summed E-state index contributed by atoms with van der Waals surface area (Å²) >= 11 is 11.7.